The molecule has 2 N–H and O–H groups in total. The first-order valence-electron chi connectivity index (χ1n) is 10.6. The van der Waals surface area contributed by atoms with Gasteiger partial charge in [-0.1, -0.05) is 12.1 Å². The zero-order valence-corrected chi connectivity index (χ0v) is 18.3. The maximum absolute atomic E-state index is 13.0. The Morgan fingerprint density at radius 1 is 1.03 bits per heavy atom. The van der Waals surface area contributed by atoms with Gasteiger partial charge in [0, 0.05) is 31.4 Å². The van der Waals surface area contributed by atoms with Crippen molar-refractivity contribution >= 4 is 28.8 Å². The summed E-state index contributed by atoms with van der Waals surface area (Å²) in [5, 5.41) is 11.0. The Labute approximate surface area is 190 Å². The largest absolute Gasteiger partial charge is 0.494 e. The van der Waals surface area contributed by atoms with Gasteiger partial charge in [-0.05, 0) is 37.1 Å². The Morgan fingerprint density at radius 3 is 2.61 bits per heavy atom. The molecule has 0 bridgehead atoms. The van der Waals surface area contributed by atoms with Gasteiger partial charge in [-0.3, -0.25) is 9.48 Å². The predicted molar refractivity (Wildman–Crippen MR) is 125 cm³/mol. The zero-order chi connectivity index (χ0) is 22.8. The van der Waals surface area contributed by atoms with Gasteiger partial charge in [0.05, 0.1) is 29.6 Å². The van der Waals surface area contributed by atoms with E-state index < -0.39 is 0 Å². The SMILES string of the molecule is COc1c(Nc2cc(Nc3ccccn3)ncc2C(=O)C2CC2)cccc1-c1ncn(C)n1. The summed E-state index contributed by atoms with van der Waals surface area (Å²) in [6, 6.07) is 13.1. The molecule has 33 heavy (non-hydrogen) atoms. The molecule has 1 aliphatic carbocycles. The van der Waals surface area contributed by atoms with Crippen LogP contribution in [0.15, 0.2) is 61.2 Å². The van der Waals surface area contributed by atoms with Gasteiger partial charge in [0.1, 0.15) is 18.0 Å². The predicted octanol–water partition coefficient (Wildman–Crippen LogP) is 4.36. The second-order valence-corrected chi connectivity index (χ2v) is 7.85. The highest BCUT2D eigenvalue weighted by Crippen LogP contribution is 2.39. The molecule has 9 heteroatoms. The zero-order valence-electron chi connectivity index (χ0n) is 18.3. The van der Waals surface area contributed by atoms with E-state index in [-0.39, 0.29) is 11.7 Å². The number of ether oxygens (including phenoxy) is 1. The van der Waals surface area contributed by atoms with Crippen molar-refractivity contribution in [3.8, 4) is 17.1 Å². The minimum Gasteiger partial charge on any atom is -0.494 e. The molecule has 4 aromatic rings. The van der Waals surface area contributed by atoms with Gasteiger partial charge in [-0.25, -0.2) is 15.0 Å². The molecule has 166 valence electrons. The number of para-hydroxylation sites is 1. The minimum absolute atomic E-state index is 0.0629. The Bertz CT molecular complexity index is 1300. The van der Waals surface area contributed by atoms with Crippen LogP contribution in [-0.2, 0) is 7.05 Å². The highest BCUT2D eigenvalue weighted by atomic mass is 16.5. The summed E-state index contributed by atoms with van der Waals surface area (Å²) < 4.78 is 7.36. The third-order valence-corrected chi connectivity index (χ3v) is 5.37. The molecule has 1 fully saturated rings. The number of nitrogens with zero attached hydrogens (tertiary/aromatic N) is 5. The van der Waals surface area contributed by atoms with Crippen molar-refractivity contribution in [1.82, 2.24) is 24.7 Å². The number of hydrogen-bond acceptors (Lipinski definition) is 8. The molecule has 3 heterocycles. The van der Waals surface area contributed by atoms with E-state index in [1.165, 1.54) is 0 Å². The van der Waals surface area contributed by atoms with E-state index in [9.17, 15) is 4.79 Å². The van der Waals surface area contributed by atoms with Crippen LogP contribution in [0.5, 0.6) is 5.75 Å². The number of benzene rings is 1. The Morgan fingerprint density at radius 2 is 1.91 bits per heavy atom. The van der Waals surface area contributed by atoms with E-state index in [0.29, 0.717) is 40.1 Å². The second-order valence-electron chi connectivity index (χ2n) is 7.85. The Balaban J connectivity index is 1.53. The van der Waals surface area contributed by atoms with Gasteiger partial charge in [-0.15, -0.1) is 0 Å². The summed E-state index contributed by atoms with van der Waals surface area (Å²) in [6.07, 6.45) is 6.78. The monoisotopic (exact) mass is 441 g/mol. The molecule has 3 aromatic heterocycles. The first kappa shape index (κ1) is 20.6. The van der Waals surface area contributed by atoms with Crippen LogP contribution >= 0.6 is 0 Å². The number of Topliss-reactive ketones (excluding diaryl/α,β-unsaturated/α-hetero) is 1. The van der Waals surface area contributed by atoms with Crippen LogP contribution in [0.1, 0.15) is 23.2 Å². The average molecular weight is 441 g/mol. The lowest BCUT2D eigenvalue weighted by atomic mass is 10.1. The van der Waals surface area contributed by atoms with Gasteiger partial charge in [0.2, 0.25) is 0 Å². The average Bonchev–Trinajstić information content (AvgIpc) is 3.60. The van der Waals surface area contributed by atoms with Gasteiger partial charge in [0.15, 0.2) is 17.4 Å². The van der Waals surface area contributed by atoms with Gasteiger partial charge in [-0.2, -0.15) is 5.10 Å². The molecule has 5 rings (SSSR count). The molecule has 1 saturated carbocycles. The summed E-state index contributed by atoms with van der Waals surface area (Å²) in [7, 11) is 3.41. The van der Waals surface area contributed by atoms with Crippen LogP contribution in [-0.4, -0.2) is 37.6 Å². The molecule has 0 aliphatic heterocycles. The second kappa shape index (κ2) is 8.70. The van der Waals surface area contributed by atoms with Crippen LogP contribution in [0.3, 0.4) is 0 Å². The van der Waals surface area contributed by atoms with E-state index in [4.69, 9.17) is 4.74 Å². The lowest BCUT2D eigenvalue weighted by molar-refractivity contribution is 0.0968. The summed E-state index contributed by atoms with van der Waals surface area (Å²) in [5.41, 5.74) is 2.64. The lowest BCUT2D eigenvalue weighted by Crippen LogP contribution is -2.08. The number of ketones is 1. The summed E-state index contributed by atoms with van der Waals surface area (Å²) in [4.78, 5) is 26.0. The van der Waals surface area contributed by atoms with Gasteiger partial charge < -0.3 is 15.4 Å². The molecule has 0 saturated heterocycles. The van der Waals surface area contributed by atoms with Crippen LogP contribution in [0.2, 0.25) is 0 Å². The molecular weight excluding hydrogens is 418 g/mol. The molecule has 0 spiro atoms. The number of hydrogen-bond donors (Lipinski definition) is 2. The molecule has 0 unspecified atom stereocenters. The number of rotatable bonds is 8. The van der Waals surface area contributed by atoms with Crippen LogP contribution < -0.4 is 15.4 Å². The smallest absolute Gasteiger partial charge is 0.184 e. The third kappa shape index (κ3) is 4.38. The van der Waals surface area contributed by atoms with Crippen molar-refractivity contribution in [1.29, 1.82) is 0 Å². The van der Waals surface area contributed by atoms with Crippen molar-refractivity contribution in [2.24, 2.45) is 13.0 Å². The fourth-order valence-corrected chi connectivity index (χ4v) is 3.60. The Kier molecular flexibility index (Phi) is 5.43. The highest BCUT2D eigenvalue weighted by Gasteiger charge is 2.32. The summed E-state index contributed by atoms with van der Waals surface area (Å²) in [6.45, 7) is 0. The molecular formula is C24H23N7O2. The van der Waals surface area contributed by atoms with Gasteiger partial charge in [0.25, 0.3) is 0 Å². The number of aryl methyl sites for hydroxylation is 1. The maximum atomic E-state index is 13.0. The molecule has 0 radical (unpaired) electrons. The fourth-order valence-electron chi connectivity index (χ4n) is 3.60. The molecule has 9 nitrogen and oxygen atoms in total. The van der Waals surface area contributed by atoms with E-state index in [1.54, 1.807) is 30.5 Å². The summed E-state index contributed by atoms with van der Waals surface area (Å²) >= 11 is 0. The van der Waals surface area contributed by atoms with Crippen molar-refractivity contribution in [3.63, 3.8) is 0 Å². The first-order valence-corrected chi connectivity index (χ1v) is 10.6. The van der Waals surface area contributed by atoms with Crippen LogP contribution in [0, 0.1) is 5.92 Å². The van der Waals surface area contributed by atoms with E-state index in [0.717, 1.165) is 18.4 Å². The molecule has 0 atom stereocenters. The molecule has 0 amide bonds. The topological polar surface area (TPSA) is 107 Å². The third-order valence-electron chi connectivity index (χ3n) is 5.37. The number of carbonyl (C=O) groups is 1. The number of methoxy groups -OCH3 is 1. The van der Waals surface area contributed by atoms with Crippen molar-refractivity contribution < 1.29 is 9.53 Å². The normalized spacial score (nSPS) is 12.9. The van der Waals surface area contributed by atoms with E-state index in [1.807, 2.05) is 49.5 Å². The van der Waals surface area contributed by atoms with Crippen LogP contribution in [0.4, 0.5) is 23.0 Å². The number of aromatic nitrogens is 5. The first-order chi connectivity index (χ1) is 16.1. The summed E-state index contributed by atoms with van der Waals surface area (Å²) in [5.74, 6) is 2.54. The number of pyridine rings is 2. The molecule has 1 aliphatic rings. The lowest BCUT2D eigenvalue weighted by Gasteiger charge is -2.17. The van der Waals surface area contributed by atoms with Crippen LogP contribution in [0.25, 0.3) is 11.4 Å². The van der Waals surface area contributed by atoms with E-state index in [2.05, 4.69) is 30.7 Å². The number of anilines is 4. The number of nitrogens with one attached hydrogen (secondary N) is 2. The number of carbonyl (C=O) groups excluding carboxylic acids is 1. The van der Waals surface area contributed by atoms with Gasteiger partial charge >= 0.3 is 0 Å². The minimum atomic E-state index is 0.0629. The highest BCUT2D eigenvalue weighted by molar-refractivity contribution is 6.04. The van der Waals surface area contributed by atoms with Crippen molar-refractivity contribution in [2.45, 2.75) is 12.8 Å². The van der Waals surface area contributed by atoms with Crippen molar-refractivity contribution in [2.75, 3.05) is 17.7 Å². The Hall–Kier alpha value is -4.27. The molecule has 1 aromatic carbocycles. The fraction of sp³-hybridized carbons (Fsp3) is 0.208. The standard InChI is InChI=1S/C24H23N7O2/c1-31-14-27-24(30-31)16-6-5-7-18(23(16)33-2)28-19-12-21(29-20-8-3-4-11-25-20)26-13-17(19)22(32)15-9-10-15/h3-8,11-15H,9-10H2,1-2H3,(H2,25,26,28,29). The quantitative estimate of drug-likeness (QED) is 0.389. The van der Waals surface area contributed by atoms with E-state index >= 15 is 0 Å². The maximum Gasteiger partial charge on any atom is 0.184 e. The van der Waals surface area contributed by atoms with Crippen molar-refractivity contribution in [3.05, 3.63) is 66.7 Å².